The Kier molecular flexibility index (Phi) is 5.73. The van der Waals surface area contributed by atoms with E-state index in [4.69, 9.17) is 16.3 Å². The molecule has 2 fully saturated rings. The normalized spacial score (nSPS) is 24.4. The minimum absolute atomic E-state index is 0.0316. The molecule has 5 rings (SSSR count). The van der Waals surface area contributed by atoms with Gasteiger partial charge in [-0.3, -0.25) is 19.2 Å². The molecule has 1 aliphatic carbocycles. The van der Waals surface area contributed by atoms with Crippen molar-refractivity contribution in [2.45, 2.75) is 26.2 Å². The number of ether oxygens (including phenoxy) is 1. The predicted molar refractivity (Wildman–Crippen MR) is 126 cm³/mol. The Morgan fingerprint density at radius 3 is 2.50 bits per heavy atom. The molecule has 3 atom stereocenters. The standard InChI is InChI=1S/C26H23ClN2O5/c1-15-8-9-21-22(10-15)25(32)29(24(21)31)19-6-3-7-20(13-19)34-26(33)16-11-23(30)28(14-16)18-5-2-4-17(27)12-18/h2-8,12-13,16,21-22H,9-11,14H2,1H3/t16-,21+,22+/m1/s1. The van der Waals surface area contributed by atoms with E-state index in [0.29, 0.717) is 29.2 Å². The van der Waals surface area contributed by atoms with Gasteiger partial charge in [-0.05, 0) is 50.1 Å². The zero-order valence-electron chi connectivity index (χ0n) is 18.6. The van der Waals surface area contributed by atoms with Gasteiger partial charge in [0.15, 0.2) is 0 Å². The molecule has 2 aromatic carbocycles. The number of allylic oxidation sites excluding steroid dienone is 2. The highest BCUT2D eigenvalue weighted by Crippen LogP contribution is 2.40. The molecule has 0 radical (unpaired) electrons. The van der Waals surface area contributed by atoms with E-state index in [2.05, 4.69) is 0 Å². The van der Waals surface area contributed by atoms with Crippen LogP contribution in [0.2, 0.25) is 5.02 Å². The lowest BCUT2D eigenvalue weighted by atomic mass is 9.82. The number of halogens is 1. The molecule has 2 heterocycles. The number of imide groups is 1. The second kappa shape index (κ2) is 8.72. The van der Waals surface area contributed by atoms with Crippen molar-refractivity contribution in [2.75, 3.05) is 16.3 Å². The Balaban J connectivity index is 1.29. The molecule has 7 nitrogen and oxygen atoms in total. The molecule has 0 saturated carbocycles. The average molecular weight is 479 g/mol. The molecule has 0 aromatic heterocycles. The molecule has 8 heteroatoms. The third-order valence-electron chi connectivity index (χ3n) is 6.70. The van der Waals surface area contributed by atoms with Crippen LogP contribution in [0.4, 0.5) is 11.4 Å². The minimum atomic E-state index is -0.637. The summed E-state index contributed by atoms with van der Waals surface area (Å²) in [6, 6.07) is 13.3. The zero-order valence-corrected chi connectivity index (χ0v) is 19.3. The van der Waals surface area contributed by atoms with Gasteiger partial charge < -0.3 is 9.64 Å². The number of nitrogens with zero attached hydrogens (tertiary/aromatic N) is 2. The van der Waals surface area contributed by atoms with E-state index in [-0.39, 0.29) is 48.3 Å². The molecule has 0 spiro atoms. The second-order valence-corrected chi connectivity index (χ2v) is 9.46. The number of fused-ring (bicyclic) bond motifs is 1. The van der Waals surface area contributed by atoms with Crippen LogP contribution in [-0.4, -0.2) is 30.2 Å². The van der Waals surface area contributed by atoms with E-state index in [1.165, 1.54) is 15.9 Å². The SMILES string of the molecule is CC1=CC[C@@H]2C(=O)N(c3cccc(OC(=O)[C@@H]4CC(=O)N(c5cccc(Cl)c5)C4)c3)C(=O)[C@H]2C1. The largest absolute Gasteiger partial charge is 0.426 e. The van der Waals surface area contributed by atoms with Crippen LogP contribution < -0.4 is 14.5 Å². The molecule has 3 aliphatic rings. The summed E-state index contributed by atoms with van der Waals surface area (Å²) in [6.45, 7) is 2.16. The van der Waals surface area contributed by atoms with E-state index in [1.54, 1.807) is 42.5 Å². The molecule has 174 valence electrons. The first kappa shape index (κ1) is 22.3. The van der Waals surface area contributed by atoms with Gasteiger partial charge in [0.05, 0.1) is 23.4 Å². The van der Waals surface area contributed by atoms with E-state index in [9.17, 15) is 19.2 Å². The van der Waals surface area contributed by atoms with E-state index in [1.807, 2.05) is 13.0 Å². The van der Waals surface area contributed by atoms with Crippen molar-refractivity contribution in [1.82, 2.24) is 0 Å². The minimum Gasteiger partial charge on any atom is -0.426 e. The number of esters is 1. The lowest BCUT2D eigenvalue weighted by molar-refractivity contribution is -0.139. The Hall–Kier alpha value is -3.45. The van der Waals surface area contributed by atoms with Crippen molar-refractivity contribution in [3.8, 4) is 5.75 Å². The summed E-state index contributed by atoms with van der Waals surface area (Å²) in [6.07, 6.45) is 3.19. The lowest BCUT2D eigenvalue weighted by Gasteiger charge is -2.18. The number of carbonyl (C=O) groups is 4. The second-order valence-electron chi connectivity index (χ2n) is 9.02. The molecular weight excluding hydrogens is 456 g/mol. The van der Waals surface area contributed by atoms with E-state index < -0.39 is 11.9 Å². The molecule has 2 saturated heterocycles. The third-order valence-corrected chi connectivity index (χ3v) is 6.93. The Bertz CT molecular complexity index is 1240. The summed E-state index contributed by atoms with van der Waals surface area (Å²) in [5.74, 6) is -2.26. The molecule has 34 heavy (non-hydrogen) atoms. The average Bonchev–Trinajstić information content (AvgIpc) is 3.31. The van der Waals surface area contributed by atoms with Gasteiger partial charge in [-0.2, -0.15) is 0 Å². The molecule has 0 bridgehead atoms. The fraction of sp³-hybridized carbons (Fsp3) is 0.308. The first-order chi connectivity index (χ1) is 16.3. The fourth-order valence-corrected chi connectivity index (χ4v) is 5.12. The molecule has 2 aromatic rings. The van der Waals surface area contributed by atoms with Crippen LogP contribution >= 0.6 is 11.6 Å². The summed E-state index contributed by atoms with van der Waals surface area (Å²) in [7, 11) is 0. The highest BCUT2D eigenvalue weighted by Gasteiger charge is 2.48. The molecule has 3 amide bonds. The predicted octanol–water partition coefficient (Wildman–Crippen LogP) is 4.14. The Morgan fingerprint density at radius 2 is 1.71 bits per heavy atom. The van der Waals surface area contributed by atoms with Crippen molar-refractivity contribution in [3.63, 3.8) is 0 Å². The maximum absolute atomic E-state index is 13.0. The van der Waals surface area contributed by atoms with Gasteiger partial charge in [0.2, 0.25) is 17.7 Å². The van der Waals surface area contributed by atoms with Crippen LogP contribution in [0.5, 0.6) is 5.75 Å². The lowest BCUT2D eigenvalue weighted by Crippen LogP contribution is -2.31. The van der Waals surface area contributed by atoms with Gasteiger partial charge >= 0.3 is 5.97 Å². The van der Waals surface area contributed by atoms with Crippen molar-refractivity contribution in [2.24, 2.45) is 17.8 Å². The van der Waals surface area contributed by atoms with Crippen LogP contribution in [0.3, 0.4) is 0 Å². The van der Waals surface area contributed by atoms with Crippen molar-refractivity contribution in [3.05, 3.63) is 65.2 Å². The first-order valence-corrected chi connectivity index (χ1v) is 11.6. The highest BCUT2D eigenvalue weighted by atomic mass is 35.5. The van der Waals surface area contributed by atoms with Gasteiger partial charge in [-0.15, -0.1) is 0 Å². The van der Waals surface area contributed by atoms with Crippen molar-refractivity contribution in [1.29, 1.82) is 0 Å². The zero-order chi connectivity index (χ0) is 24.0. The van der Waals surface area contributed by atoms with Crippen LogP contribution in [-0.2, 0) is 19.2 Å². The van der Waals surface area contributed by atoms with Gasteiger partial charge in [-0.25, -0.2) is 4.90 Å². The maximum Gasteiger partial charge on any atom is 0.316 e. The number of hydrogen-bond donors (Lipinski definition) is 0. The van der Waals surface area contributed by atoms with Gasteiger partial charge in [0.25, 0.3) is 0 Å². The fourth-order valence-electron chi connectivity index (χ4n) is 4.94. The Morgan fingerprint density at radius 1 is 0.971 bits per heavy atom. The third kappa shape index (κ3) is 4.01. The van der Waals surface area contributed by atoms with Gasteiger partial charge in [0.1, 0.15) is 5.75 Å². The summed E-state index contributed by atoms with van der Waals surface area (Å²) in [4.78, 5) is 54.0. The van der Waals surface area contributed by atoms with Crippen LogP contribution in [0.15, 0.2) is 60.2 Å². The highest BCUT2D eigenvalue weighted by molar-refractivity contribution is 6.31. The number of amides is 3. The van der Waals surface area contributed by atoms with Crippen molar-refractivity contribution >= 4 is 46.7 Å². The quantitative estimate of drug-likeness (QED) is 0.285. The summed E-state index contributed by atoms with van der Waals surface area (Å²) in [5, 5.41) is 0.505. The molecule has 0 unspecified atom stereocenters. The number of anilines is 2. The number of benzene rings is 2. The van der Waals surface area contributed by atoms with Gasteiger partial charge in [0, 0.05) is 29.7 Å². The molecule has 2 aliphatic heterocycles. The first-order valence-electron chi connectivity index (χ1n) is 11.2. The van der Waals surface area contributed by atoms with Crippen LogP contribution in [0, 0.1) is 17.8 Å². The smallest absolute Gasteiger partial charge is 0.316 e. The summed E-state index contributed by atoms with van der Waals surface area (Å²) < 4.78 is 5.56. The van der Waals surface area contributed by atoms with E-state index in [0.717, 1.165) is 5.57 Å². The molecular formula is C26H23ClN2O5. The monoisotopic (exact) mass is 478 g/mol. The summed E-state index contributed by atoms with van der Waals surface area (Å²) in [5.41, 5.74) is 2.13. The van der Waals surface area contributed by atoms with Crippen LogP contribution in [0.1, 0.15) is 26.2 Å². The topological polar surface area (TPSA) is 84.0 Å². The van der Waals surface area contributed by atoms with E-state index >= 15 is 0 Å². The molecule has 0 N–H and O–H groups in total. The van der Waals surface area contributed by atoms with Crippen LogP contribution in [0.25, 0.3) is 0 Å². The maximum atomic E-state index is 13.0. The summed E-state index contributed by atoms with van der Waals surface area (Å²) >= 11 is 6.03. The van der Waals surface area contributed by atoms with Crippen molar-refractivity contribution < 1.29 is 23.9 Å². The number of carbonyl (C=O) groups excluding carboxylic acids is 4. The number of hydrogen-bond acceptors (Lipinski definition) is 5. The van der Waals surface area contributed by atoms with Gasteiger partial charge in [-0.1, -0.05) is 35.4 Å². The number of rotatable bonds is 4. The Labute approximate surface area is 201 Å².